The lowest BCUT2D eigenvalue weighted by Gasteiger charge is -2.17. The first-order valence-electron chi connectivity index (χ1n) is 7.93. The minimum atomic E-state index is -0.191. The number of hydroxylamine groups is 1. The van der Waals surface area contributed by atoms with Gasteiger partial charge in [0, 0.05) is 33.7 Å². The number of rotatable bonds is 5. The number of nitrogens with zero attached hydrogens (tertiary/aromatic N) is 1. The second-order valence-corrected chi connectivity index (χ2v) is 6.15. The average molecular weight is 359 g/mol. The number of carbonyl (C=O) groups is 1. The molecule has 0 saturated heterocycles. The maximum Gasteiger partial charge on any atom is 0.197 e. The highest BCUT2D eigenvalue weighted by Crippen LogP contribution is 2.38. The van der Waals surface area contributed by atoms with Gasteiger partial charge in [-0.25, -0.2) is 0 Å². The largest absolute Gasteiger partial charge is 0.496 e. The van der Waals surface area contributed by atoms with Crippen LogP contribution in [0.3, 0.4) is 0 Å². The molecule has 0 aliphatic rings. The molecule has 0 spiro atoms. The third kappa shape index (κ3) is 2.97. The minimum absolute atomic E-state index is 0.191. The van der Waals surface area contributed by atoms with Gasteiger partial charge in [0.1, 0.15) is 5.75 Å². The number of H-pyrrole nitrogens is 1. The average Bonchev–Trinajstić information content (AvgIpc) is 2.96. The number of fused-ring (bicyclic) bond motifs is 1. The number of halogens is 1. The van der Waals surface area contributed by atoms with E-state index >= 15 is 0 Å². The normalized spacial score (nSPS) is 10.9. The van der Waals surface area contributed by atoms with Crippen LogP contribution < -0.4 is 9.80 Å². The van der Waals surface area contributed by atoms with Gasteiger partial charge in [0.05, 0.1) is 18.4 Å². The van der Waals surface area contributed by atoms with Gasteiger partial charge < -0.3 is 9.72 Å². The van der Waals surface area contributed by atoms with Crippen molar-refractivity contribution in [2.45, 2.75) is 13.8 Å². The zero-order valence-electron chi connectivity index (χ0n) is 14.3. The molecule has 1 aromatic heterocycles. The number of aryl methyl sites for hydroxylation is 1. The first kappa shape index (κ1) is 17.3. The Kier molecular flexibility index (Phi) is 4.70. The third-order valence-electron chi connectivity index (χ3n) is 4.19. The number of ether oxygens (including phenoxy) is 1. The molecule has 0 saturated carbocycles. The monoisotopic (exact) mass is 358 g/mol. The fraction of sp³-hybridized carbons (Fsp3) is 0.211. The summed E-state index contributed by atoms with van der Waals surface area (Å²) in [6.07, 6.45) is 0. The molecule has 0 atom stereocenters. The van der Waals surface area contributed by atoms with Gasteiger partial charge >= 0.3 is 0 Å². The lowest BCUT2D eigenvalue weighted by Crippen LogP contribution is -2.18. The molecule has 3 rings (SSSR count). The Balaban J connectivity index is 2.31. The van der Waals surface area contributed by atoms with E-state index in [0.717, 1.165) is 16.3 Å². The summed E-state index contributed by atoms with van der Waals surface area (Å²) < 4.78 is 5.44. The van der Waals surface area contributed by atoms with E-state index in [9.17, 15) is 10.0 Å². The Morgan fingerprint density at radius 2 is 1.92 bits per heavy atom. The van der Waals surface area contributed by atoms with Crippen LogP contribution in [0.1, 0.15) is 28.5 Å². The van der Waals surface area contributed by atoms with E-state index in [2.05, 4.69) is 4.98 Å². The van der Waals surface area contributed by atoms with Crippen molar-refractivity contribution >= 4 is 34.0 Å². The zero-order valence-corrected chi connectivity index (χ0v) is 15.0. The molecule has 0 unspecified atom stereocenters. The van der Waals surface area contributed by atoms with E-state index in [-0.39, 0.29) is 5.78 Å². The number of ketones is 1. The third-order valence-corrected chi connectivity index (χ3v) is 4.44. The first-order chi connectivity index (χ1) is 12.0. The van der Waals surface area contributed by atoms with Crippen molar-refractivity contribution < 1.29 is 14.7 Å². The van der Waals surface area contributed by atoms with E-state index in [1.807, 2.05) is 19.9 Å². The number of hydrogen-bond acceptors (Lipinski definition) is 4. The topological polar surface area (TPSA) is 65.6 Å². The van der Waals surface area contributed by atoms with Crippen molar-refractivity contribution in [3.63, 3.8) is 0 Å². The summed E-state index contributed by atoms with van der Waals surface area (Å²) in [4.78, 5) is 16.4. The molecule has 25 heavy (non-hydrogen) atoms. The second-order valence-electron chi connectivity index (χ2n) is 5.72. The van der Waals surface area contributed by atoms with Gasteiger partial charge in [-0.15, -0.1) is 0 Å². The second kappa shape index (κ2) is 6.78. The highest BCUT2D eigenvalue weighted by Gasteiger charge is 2.24. The van der Waals surface area contributed by atoms with E-state index in [1.165, 1.54) is 7.11 Å². The van der Waals surface area contributed by atoms with Crippen LogP contribution in [0.2, 0.25) is 5.02 Å². The number of methoxy groups -OCH3 is 1. The summed E-state index contributed by atoms with van der Waals surface area (Å²) in [5.41, 5.74) is 3.03. The van der Waals surface area contributed by atoms with Crippen LogP contribution in [0.15, 0.2) is 36.4 Å². The van der Waals surface area contributed by atoms with Crippen molar-refractivity contribution in [3.05, 3.63) is 58.2 Å². The predicted octanol–water partition coefficient (Wildman–Crippen LogP) is 4.58. The summed E-state index contributed by atoms with van der Waals surface area (Å²) in [7, 11) is 1.52. The van der Waals surface area contributed by atoms with Crippen molar-refractivity contribution in [2.24, 2.45) is 0 Å². The molecule has 130 valence electrons. The number of hydrogen-bond donors (Lipinski definition) is 2. The molecule has 2 aromatic carbocycles. The molecular weight excluding hydrogens is 340 g/mol. The number of nitrogens with one attached hydrogen (secondary N) is 1. The molecule has 6 heteroatoms. The Morgan fingerprint density at radius 1 is 1.24 bits per heavy atom. The zero-order chi connectivity index (χ0) is 18.1. The quantitative estimate of drug-likeness (QED) is 0.517. The van der Waals surface area contributed by atoms with Crippen LogP contribution in [-0.4, -0.2) is 29.6 Å². The van der Waals surface area contributed by atoms with Crippen LogP contribution in [0.25, 0.3) is 10.9 Å². The van der Waals surface area contributed by atoms with Crippen molar-refractivity contribution in [1.29, 1.82) is 0 Å². The molecule has 2 N–H and O–H groups in total. The standard InChI is InChI=1S/C19H19ClN2O3/c1-4-22(24)18-11(2)21-14-9-10-15(25-3)17(16(14)18)19(23)12-5-7-13(20)8-6-12/h5-10,21,24H,4H2,1-3H3. The van der Waals surface area contributed by atoms with Crippen LogP contribution in [0.5, 0.6) is 5.75 Å². The van der Waals surface area contributed by atoms with Gasteiger partial charge in [-0.1, -0.05) is 11.6 Å². The van der Waals surface area contributed by atoms with E-state index in [1.54, 1.807) is 30.3 Å². The van der Waals surface area contributed by atoms with Gasteiger partial charge in [0.2, 0.25) is 0 Å². The summed E-state index contributed by atoms with van der Waals surface area (Å²) in [5, 5.41) is 12.7. The number of anilines is 1. The Hall–Kier alpha value is -2.50. The Morgan fingerprint density at radius 3 is 2.52 bits per heavy atom. The van der Waals surface area contributed by atoms with Crippen molar-refractivity contribution in [2.75, 3.05) is 18.7 Å². The van der Waals surface area contributed by atoms with Crippen LogP contribution in [0, 0.1) is 6.92 Å². The van der Waals surface area contributed by atoms with Crippen LogP contribution in [0.4, 0.5) is 5.69 Å². The number of benzene rings is 2. The number of aromatic amines is 1. The maximum absolute atomic E-state index is 13.2. The van der Waals surface area contributed by atoms with Gasteiger partial charge in [0.25, 0.3) is 0 Å². The Bertz CT molecular complexity index is 932. The fourth-order valence-electron chi connectivity index (χ4n) is 3.00. The summed E-state index contributed by atoms with van der Waals surface area (Å²) in [5.74, 6) is 0.265. The molecule has 0 bridgehead atoms. The highest BCUT2D eigenvalue weighted by atomic mass is 35.5. The first-order valence-corrected chi connectivity index (χ1v) is 8.31. The van der Waals surface area contributed by atoms with E-state index in [0.29, 0.717) is 39.5 Å². The summed E-state index contributed by atoms with van der Waals surface area (Å²) in [6, 6.07) is 10.3. The van der Waals surface area contributed by atoms with Gasteiger partial charge in [-0.05, 0) is 50.2 Å². The molecule has 5 nitrogen and oxygen atoms in total. The minimum Gasteiger partial charge on any atom is -0.496 e. The molecule has 0 amide bonds. The molecule has 0 fully saturated rings. The summed E-state index contributed by atoms with van der Waals surface area (Å²) >= 11 is 5.92. The maximum atomic E-state index is 13.2. The van der Waals surface area contributed by atoms with Gasteiger partial charge in [-0.3, -0.25) is 15.1 Å². The molecule has 0 aliphatic heterocycles. The summed E-state index contributed by atoms with van der Waals surface area (Å²) in [6.45, 7) is 4.08. The van der Waals surface area contributed by atoms with Crippen LogP contribution >= 0.6 is 11.6 Å². The SMILES string of the molecule is CCN(O)c1c(C)[nH]c2ccc(OC)c(C(=O)c3ccc(Cl)cc3)c12. The lowest BCUT2D eigenvalue weighted by molar-refractivity contribution is 0.103. The smallest absolute Gasteiger partial charge is 0.197 e. The lowest BCUT2D eigenvalue weighted by atomic mass is 9.98. The van der Waals surface area contributed by atoms with Crippen molar-refractivity contribution in [3.8, 4) is 5.75 Å². The molecule has 0 aliphatic carbocycles. The van der Waals surface area contributed by atoms with Gasteiger partial charge in [-0.2, -0.15) is 0 Å². The molecule has 0 radical (unpaired) electrons. The Labute approximate surface area is 150 Å². The van der Waals surface area contributed by atoms with E-state index in [4.69, 9.17) is 16.3 Å². The van der Waals surface area contributed by atoms with Crippen molar-refractivity contribution in [1.82, 2.24) is 4.98 Å². The number of aromatic nitrogens is 1. The van der Waals surface area contributed by atoms with E-state index < -0.39 is 0 Å². The molecule has 3 aromatic rings. The fourth-order valence-corrected chi connectivity index (χ4v) is 3.13. The predicted molar refractivity (Wildman–Crippen MR) is 99.3 cm³/mol. The van der Waals surface area contributed by atoms with Crippen LogP contribution in [-0.2, 0) is 0 Å². The molecular formula is C19H19ClN2O3. The highest BCUT2D eigenvalue weighted by molar-refractivity contribution is 6.30. The van der Waals surface area contributed by atoms with Gasteiger partial charge in [0.15, 0.2) is 5.78 Å². The number of carbonyl (C=O) groups excluding carboxylic acids is 1. The molecule has 1 heterocycles.